The van der Waals surface area contributed by atoms with Crippen LogP contribution >= 0.6 is 0 Å². The van der Waals surface area contributed by atoms with Gasteiger partial charge in [-0.2, -0.15) is 4.98 Å². The first-order chi connectivity index (χ1) is 9.29. The van der Waals surface area contributed by atoms with Crippen molar-refractivity contribution >= 4 is 21.9 Å². The number of hydrogen-bond acceptors (Lipinski definition) is 3. The van der Waals surface area contributed by atoms with Crippen LogP contribution in [0, 0.1) is 0 Å². The molecule has 0 spiro atoms. The molecule has 2 heterocycles. The van der Waals surface area contributed by atoms with Gasteiger partial charge in [0.1, 0.15) is 12.0 Å². The molecular formula is C15H15N3O. The molecular weight excluding hydrogens is 238 g/mol. The number of para-hydroxylation sites is 1. The molecule has 0 aliphatic rings. The Labute approximate surface area is 110 Å². The van der Waals surface area contributed by atoms with E-state index in [0.717, 1.165) is 35.9 Å². The Morgan fingerprint density at radius 1 is 1.26 bits per heavy atom. The molecule has 0 aliphatic heterocycles. The number of nitrogens with zero attached hydrogens (tertiary/aromatic N) is 3. The van der Waals surface area contributed by atoms with Gasteiger partial charge in [-0.25, -0.2) is 4.98 Å². The van der Waals surface area contributed by atoms with E-state index in [1.54, 1.807) is 6.33 Å². The fourth-order valence-electron chi connectivity index (χ4n) is 2.22. The Kier molecular flexibility index (Phi) is 2.99. The second kappa shape index (κ2) is 4.80. The molecule has 0 saturated heterocycles. The van der Waals surface area contributed by atoms with Crippen LogP contribution in [0.5, 0.6) is 0 Å². The first kappa shape index (κ1) is 11.8. The van der Waals surface area contributed by atoms with E-state index < -0.39 is 0 Å². The molecule has 96 valence electrons. The minimum atomic E-state index is -0.207. The lowest BCUT2D eigenvalue weighted by Gasteiger charge is -2.09. The highest BCUT2D eigenvalue weighted by Gasteiger charge is 2.07. The zero-order chi connectivity index (χ0) is 13.2. The van der Waals surface area contributed by atoms with Crippen molar-refractivity contribution in [2.45, 2.75) is 26.3 Å². The van der Waals surface area contributed by atoms with Crippen molar-refractivity contribution in [1.29, 1.82) is 0 Å². The highest BCUT2D eigenvalue weighted by atomic mass is 16.1. The van der Waals surface area contributed by atoms with Gasteiger partial charge in [-0.3, -0.25) is 4.79 Å². The number of benzene rings is 1. The molecule has 3 rings (SSSR count). The van der Waals surface area contributed by atoms with E-state index in [1.807, 2.05) is 34.9 Å². The molecule has 0 unspecified atom stereocenters. The molecule has 0 atom stereocenters. The molecule has 4 nitrogen and oxygen atoms in total. The van der Waals surface area contributed by atoms with E-state index in [9.17, 15) is 4.79 Å². The quantitative estimate of drug-likeness (QED) is 0.674. The lowest BCUT2D eigenvalue weighted by Crippen LogP contribution is -2.13. The molecule has 0 fully saturated rings. The van der Waals surface area contributed by atoms with Crippen LogP contribution in [0.2, 0.25) is 0 Å². The maximum absolute atomic E-state index is 11.9. The zero-order valence-electron chi connectivity index (χ0n) is 10.8. The van der Waals surface area contributed by atoms with Crippen molar-refractivity contribution in [2.24, 2.45) is 0 Å². The van der Waals surface area contributed by atoms with E-state index in [0.29, 0.717) is 5.39 Å². The highest BCUT2D eigenvalue weighted by Crippen LogP contribution is 2.16. The summed E-state index contributed by atoms with van der Waals surface area (Å²) in [7, 11) is 0. The Morgan fingerprint density at radius 2 is 2.11 bits per heavy atom. The van der Waals surface area contributed by atoms with Crippen LogP contribution in [0.3, 0.4) is 0 Å². The Hall–Kier alpha value is -2.23. The predicted molar refractivity (Wildman–Crippen MR) is 76.2 cm³/mol. The molecule has 0 bridgehead atoms. The van der Waals surface area contributed by atoms with E-state index in [1.165, 1.54) is 0 Å². The third kappa shape index (κ3) is 2.10. The summed E-state index contributed by atoms with van der Waals surface area (Å²) in [5.41, 5.74) is 1.43. The van der Waals surface area contributed by atoms with Gasteiger partial charge in [0.2, 0.25) is 0 Å². The molecule has 0 aliphatic carbocycles. The molecule has 0 amide bonds. The zero-order valence-corrected chi connectivity index (χ0v) is 10.8. The molecule has 4 heteroatoms. The van der Waals surface area contributed by atoms with Gasteiger partial charge in [0.15, 0.2) is 0 Å². The topological polar surface area (TPSA) is 47.8 Å². The first-order valence-corrected chi connectivity index (χ1v) is 6.54. The van der Waals surface area contributed by atoms with Gasteiger partial charge in [-0.15, -0.1) is 0 Å². The SMILES string of the molecule is CCCCn1cnc(=O)c2cc3ccccc3nc21. The molecule has 0 saturated carbocycles. The van der Waals surface area contributed by atoms with Gasteiger partial charge >= 0.3 is 0 Å². The standard InChI is InChI=1S/C15H15N3O/c1-2-3-8-18-10-16-15(19)12-9-11-6-4-5-7-13(11)17-14(12)18/h4-7,9-10H,2-3,8H2,1H3. The van der Waals surface area contributed by atoms with Crippen LogP contribution in [-0.4, -0.2) is 14.5 Å². The number of unbranched alkanes of at least 4 members (excludes halogenated alkanes) is 1. The third-order valence-corrected chi connectivity index (χ3v) is 3.27. The smallest absolute Gasteiger partial charge is 0.282 e. The van der Waals surface area contributed by atoms with Crippen LogP contribution in [0.1, 0.15) is 19.8 Å². The minimum absolute atomic E-state index is 0.207. The van der Waals surface area contributed by atoms with E-state index in [2.05, 4.69) is 16.9 Å². The summed E-state index contributed by atoms with van der Waals surface area (Å²) in [6, 6.07) is 9.71. The van der Waals surface area contributed by atoms with Gasteiger partial charge in [0.25, 0.3) is 5.56 Å². The Balaban J connectivity index is 2.31. The largest absolute Gasteiger partial charge is 0.316 e. The highest BCUT2D eigenvalue weighted by molar-refractivity contribution is 5.90. The van der Waals surface area contributed by atoms with Gasteiger partial charge in [-0.1, -0.05) is 31.5 Å². The van der Waals surface area contributed by atoms with Crippen molar-refractivity contribution in [3.8, 4) is 0 Å². The maximum Gasteiger partial charge on any atom is 0.282 e. The summed E-state index contributed by atoms with van der Waals surface area (Å²) in [5, 5.41) is 1.57. The van der Waals surface area contributed by atoms with Gasteiger partial charge < -0.3 is 4.57 Å². The number of pyridine rings is 1. The Morgan fingerprint density at radius 3 is 2.95 bits per heavy atom. The molecule has 0 N–H and O–H groups in total. The number of aryl methyl sites for hydroxylation is 1. The summed E-state index contributed by atoms with van der Waals surface area (Å²) in [6.45, 7) is 2.98. The predicted octanol–water partition coefficient (Wildman–Crippen LogP) is 2.74. The average Bonchev–Trinajstić information content (AvgIpc) is 2.45. The Bertz CT molecular complexity index is 792. The maximum atomic E-state index is 11.9. The normalized spacial score (nSPS) is 11.2. The van der Waals surface area contributed by atoms with Crippen LogP contribution in [0.4, 0.5) is 0 Å². The number of fused-ring (bicyclic) bond motifs is 2. The summed E-state index contributed by atoms with van der Waals surface area (Å²) >= 11 is 0. The van der Waals surface area contributed by atoms with Crippen LogP contribution in [0.25, 0.3) is 21.9 Å². The first-order valence-electron chi connectivity index (χ1n) is 6.54. The average molecular weight is 253 g/mol. The van der Waals surface area contributed by atoms with Gasteiger partial charge in [-0.05, 0) is 18.6 Å². The lowest BCUT2D eigenvalue weighted by molar-refractivity contribution is 0.632. The fourth-order valence-corrected chi connectivity index (χ4v) is 2.22. The molecule has 19 heavy (non-hydrogen) atoms. The number of aromatic nitrogens is 3. The summed E-state index contributed by atoms with van der Waals surface area (Å²) in [6.07, 6.45) is 3.75. The summed E-state index contributed by atoms with van der Waals surface area (Å²) < 4.78 is 1.96. The van der Waals surface area contributed by atoms with E-state index in [4.69, 9.17) is 0 Å². The number of rotatable bonds is 3. The van der Waals surface area contributed by atoms with Crippen molar-refractivity contribution < 1.29 is 0 Å². The fraction of sp³-hybridized carbons (Fsp3) is 0.267. The number of hydrogen-bond donors (Lipinski definition) is 0. The van der Waals surface area contributed by atoms with Crippen LogP contribution in [0.15, 0.2) is 41.5 Å². The second-order valence-electron chi connectivity index (χ2n) is 4.65. The second-order valence-corrected chi connectivity index (χ2v) is 4.65. The van der Waals surface area contributed by atoms with Crippen LogP contribution < -0.4 is 5.56 Å². The van der Waals surface area contributed by atoms with E-state index in [-0.39, 0.29) is 5.56 Å². The summed E-state index contributed by atoms with van der Waals surface area (Å²) in [4.78, 5) is 20.4. The van der Waals surface area contributed by atoms with Gasteiger partial charge in [0.05, 0.1) is 10.9 Å². The minimum Gasteiger partial charge on any atom is -0.316 e. The lowest BCUT2D eigenvalue weighted by atomic mass is 10.2. The molecule has 1 aromatic carbocycles. The monoisotopic (exact) mass is 253 g/mol. The van der Waals surface area contributed by atoms with E-state index >= 15 is 0 Å². The third-order valence-electron chi connectivity index (χ3n) is 3.27. The van der Waals surface area contributed by atoms with Crippen molar-refractivity contribution in [3.05, 3.63) is 47.0 Å². The van der Waals surface area contributed by atoms with Crippen LogP contribution in [-0.2, 0) is 6.54 Å². The summed E-state index contributed by atoms with van der Waals surface area (Å²) in [5.74, 6) is 0. The van der Waals surface area contributed by atoms with Crippen molar-refractivity contribution in [1.82, 2.24) is 14.5 Å². The molecule has 2 aromatic heterocycles. The van der Waals surface area contributed by atoms with Crippen molar-refractivity contribution in [3.63, 3.8) is 0 Å². The van der Waals surface area contributed by atoms with Gasteiger partial charge in [0, 0.05) is 11.9 Å². The van der Waals surface area contributed by atoms with Crippen molar-refractivity contribution in [2.75, 3.05) is 0 Å². The molecule has 3 aromatic rings. The molecule has 0 radical (unpaired) electrons.